The number of halogens is 1. The topological polar surface area (TPSA) is 55.2 Å². The minimum absolute atomic E-state index is 0.193. The van der Waals surface area contributed by atoms with Gasteiger partial charge in [-0.25, -0.2) is 4.39 Å². The molecule has 1 aromatic rings. The molecule has 1 aliphatic heterocycles. The molecular formula is C12H15FN2O2S. The second-order valence-electron chi connectivity index (χ2n) is 4.34. The van der Waals surface area contributed by atoms with E-state index in [0.717, 1.165) is 12.6 Å². The molecule has 1 heterocycles. The van der Waals surface area contributed by atoms with Gasteiger partial charge in [-0.3, -0.25) is 10.1 Å². The Balaban J connectivity index is 1.89. The fraction of sp³-hybridized carbons (Fsp3) is 0.500. The summed E-state index contributed by atoms with van der Waals surface area (Å²) >= 11 is 1.94. The SMILES string of the molecule is O=[N+]([O-])c1cc(F)cc(CNCC2CCCS2)c1. The first-order valence-corrected chi connectivity index (χ1v) is 6.96. The summed E-state index contributed by atoms with van der Waals surface area (Å²) < 4.78 is 13.2. The van der Waals surface area contributed by atoms with Gasteiger partial charge in [-0.05, 0) is 30.2 Å². The summed E-state index contributed by atoms with van der Waals surface area (Å²) in [6, 6.07) is 3.69. The maximum atomic E-state index is 13.2. The van der Waals surface area contributed by atoms with Gasteiger partial charge < -0.3 is 5.32 Å². The van der Waals surface area contributed by atoms with Crippen molar-refractivity contribution in [3.05, 3.63) is 39.7 Å². The van der Waals surface area contributed by atoms with Gasteiger partial charge in [-0.15, -0.1) is 0 Å². The second kappa shape index (κ2) is 6.15. The van der Waals surface area contributed by atoms with Crippen LogP contribution >= 0.6 is 11.8 Å². The van der Waals surface area contributed by atoms with Crippen molar-refractivity contribution in [3.8, 4) is 0 Å². The number of rotatable bonds is 5. The highest BCUT2D eigenvalue weighted by molar-refractivity contribution is 8.00. The maximum Gasteiger partial charge on any atom is 0.272 e. The van der Waals surface area contributed by atoms with Crippen LogP contribution in [0.4, 0.5) is 10.1 Å². The summed E-state index contributed by atoms with van der Waals surface area (Å²) in [6.45, 7) is 1.34. The standard InChI is InChI=1S/C12H15FN2O2S/c13-10-4-9(5-11(6-10)15(16)17)7-14-8-12-2-1-3-18-12/h4-6,12,14H,1-3,7-8H2. The number of nitro benzene ring substituents is 1. The van der Waals surface area contributed by atoms with Gasteiger partial charge in [0, 0.05) is 24.4 Å². The zero-order valence-electron chi connectivity index (χ0n) is 9.89. The number of benzene rings is 1. The van der Waals surface area contributed by atoms with Crippen LogP contribution in [0, 0.1) is 15.9 Å². The molecule has 1 N–H and O–H groups in total. The molecule has 4 nitrogen and oxygen atoms in total. The number of thioether (sulfide) groups is 1. The lowest BCUT2D eigenvalue weighted by Gasteiger charge is -2.10. The molecule has 6 heteroatoms. The Bertz CT molecular complexity index is 436. The van der Waals surface area contributed by atoms with Crippen molar-refractivity contribution in [3.63, 3.8) is 0 Å². The minimum atomic E-state index is -0.570. The Kier molecular flexibility index (Phi) is 4.54. The average molecular weight is 270 g/mol. The number of non-ortho nitro benzene ring substituents is 1. The van der Waals surface area contributed by atoms with E-state index >= 15 is 0 Å². The summed E-state index contributed by atoms with van der Waals surface area (Å²) in [4.78, 5) is 10.0. The van der Waals surface area contributed by atoms with Gasteiger partial charge >= 0.3 is 0 Å². The van der Waals surface area contributed by atoms with Crippen molar-refractivity contribution in [2.24, 2.45) is 0 Å². The van der Waals surface area contributed by atoms with Crippen LogP contribution in [0.5, 0.6) is 0 Å². The predicted octanol–water partition coefficient (Wildman–Crippen LogP) is 2.72. The summed E-state index contributed by atoms with van der Waals surface area (Å²) in [7, 11) is 0. The van der Waals surface area contributed by atoms with E-state index in [0.29, 0.717) is 17.4 Å². The van der Waals surface area contributed by atoms with Gasteiger partial charge in [0.05, 0.1) is 11.0 Å². The fourth-order valence-electron chi connectivity index (χ4n) is 2.02. The first-order valence-electron chi connectivity index (χ1n) is 5.91. The number of nitro groups is 1. The molecule has 1 fully saturated rings. The van der Waals surface area contributed by atoms with Crippen molar-refractivity contribution in [2.45, 2.75) is 24.6 Å². The Morgan fingerprint density at radius 2 is 2.33 bits per heavy atom. The van der Waals surface area contributed by atoms with Gasteiger partial charge in [0.2, 0.25) is 0 Å². The van der Waals surface area contributed by atoms with Crippen LogP contribution in [0.1, 0.15) is 18.4 Å². The summed E-state index contributed by atoms with van der Waals surface area (Å²) in [5.41, 5.74) is 0.423. The summed E-state index contributed by atoms with van der Waals surface area (Å²) in [5, 5.41) is 14.4. The molecule has 1 saturated heterocycles. The van der Waals surface area contributed by atoms with E-state index in [4.69, 9.17) is 0 Å². The van der Waals surface area contributed by atoms with Crippen LogP contribution in [-0.2, 0) is 6.54 Å². The van der Waals surface area contributed by atoms with Crippen molar-refractivity contribution in [2.75, 3.05) is 12.3 Å². The van der Waals surface area contributed by atoms with E-state index < -0.39 is 10.7 Å². The lowest BCUT2D eigenvalue weighted by atomic mass is 10.2. The monoisotopic (exact) mass is 270 g/mol. The number of nitrogens with zero attached hydrogens (tertiary/aromatic N) is 1. The number of hydrogen-bond acceptors (Lipinski definition) is 4. The van der Waals surface area contributed by atoms with Crippen LogP contribution in [-0.4, -0.2) is 22.5 Å². The summed E-state index contributed by atoms with van der Waals surface area (Å²) in [5.74, 6) is 0.647. The van der Waals surface area contributed by atoms with Crippen LogP contribution in [0.15, 0.2) is 18.2 Å². The average Bonchev–Trinajstić information content (AvgIpc) is 2.81. The molecule has 0 spiro atoms. The predicted molar refractivity (Wildman–Crippen MR) is 70.2 cm³/mol. The lowest BCUT2D eigenvalue weighted by molar-refractivity contribution is -0.385. The first-order chi connectivity index (χ1) is 8.65. The number of hydrogen-bond donors (Lipinski definition) is 1. The third-order valence-corrected chi connectivity index (χ3v) is 4.28. The van der Waals surface area contributed by atoms with Gasteiger partial charge in [0.25, 0.3) is 5.69 Å². The molecule has 0 bridgehead atoms. The molecule has 0 saturated carbocycles. The molecule has 0 radical (unpaired) electrons. The van der Waals surface area contributed by atoms with E-state index in [1.54, 1.807) is 0 Å². The van der Waals surface area contributed by atoms with Crippen LogP contribution in [0.2, 0.25) is 0 Å². The van der Waals surface area contributed by atoms with Crippen molar-refractivity contribution >= 4 is 17.4 Å². The van der Waals surface area contributed by atoms with E-state index in [1.807, 2.05) is 11.8 Å². The van der Waals surface area contributed by atoms with E-state index in [2.05, 4.69) is 5.32 Å². The van der Waals surface area contributed by atoms with E-state index in [-0.39, 0.29) is 5.69 Å². The Hall–Kier alpha value is -1.14. The van der Waals surface area contributed by atoms with Crippen molar-refractivity contribution in [1.29, 1.82) is 0 Å². The van der Waals surface area contributed by atoms with Gasteiger partial charge in [-0.2, -0.15) is 11.8 Å². The first kappa shape index (κ1) is 13.3. The quantitative estimate of drug-likeness (QED) is 0.660. The highest BCUT2D eigenvalue weighted by Crippen LogP contribution is 2.25. The lowest BCUT2D eigenvalue weighted by Crippen LogP contribution is -2.22. The molecule has 18 heavy (non-hydrogen) atoms. The Labute approximate surface area is 109 Å². The Morgan fingerprint density at radius 3 is 3.00 bits per heavy atom. The highest BCUT2D eigenvalue weighted by Gasteiger charge is 2.15. The fourth-order valence-corrected chi connectivity index (χ4v) is 3.26. The smallest absolute Gasteiger partial charge is 0.272 e. The van der Waals surface area contributed by atoms with Gasteiger partial charge in [-0.1, -0.05) is 0 Å². The normalized spacial score (nSPS) is 19.1. The molecule has 98 valence electrons. The zero-order chi connectivity index (χ0) is 13.0. The third kappa shape index (κ3) is 3.68. The molecule has 1 aromatic carbocycles. The van der Waals surface area contributed by atoms with E-state index in [9.17, 15) is 14.5 Å². The largest absolute Gasteiger partial charge is 0.312 e. The van der Waals surface area contributed by atoms with Gasteiger partial charge in [0.1, 0.15) is 5.82 Å². The van der Waals surface area contributed by atoms with Gasteiger partial charge in [0.15, 0.2) is 0 Å². The summed E-state index contributed by atoms with van der Waals surface area (Å²) in [6.07, 6.45) is 2.46. The molecule has 0 aliphatic carbocycles. The number of nitrogens with one attached hydrogen (secondary N) is 1. The highest BCUT2D eigenvalue weighted by atomic mass is 32.2. The van der Waals surface area contributed by atoms with Crippen LogP contribution < -0.4 is 5.32 Å². The Morgan fingerprint density at radius 1 is 1.50 bits per heavy atom. The molecule has 1 atom stereocenters. The minimum Gasteiger partial charge on any atom is -0.312 e. The molecule has 2 rings (SSSR count). The van der Waals surface area contributed by atoms with Crippen molar-refractivity contribution in [1.82, 2.24) is 5.32 Å². The molecule has 0 aromatic heterocycles. The van der Waals surface area contributed by atoms with E-state index in [1.165, 1.54) is 30.7 Å². The van der Waals surface area contributed by atoms with Crippen LogP contribution in [0.3, 0.4) is 0 Å². The zero-order valence-corrected chi connectivity index (χ0v) is 10.7. The third-order valence-electron chi connectivity index (χ3n) is 2.88. The molecule has 0 amide bonds. The molecule has 1 unspecified atom stereocenters. The second-order valence-corrected chi connectivity index (χ2v) is 5.75. The maximum absolute atomic E-state index is 13.2. The van der Waals surface area contributed by atoms with Crippen molar-refractivity contribution < 1.29 is 9.31 Å². The van der Waals surface area contributed by atoms with Crippen LogP contribution in [0.25, 0.3) is 0 Å². The molecular weight excluding hydrogens is 255 g/mol. The molecule has 1 aliphatic rings.